The van der Waals surface area contributed by atoms with E-state index in [1.165, 1.54) is 4.91 Å². The topological polar surface area (TPSA) is 34.1 Å². The summed E-state index contributed by atoms with van der Waals surface area (Å²) >= 11 is 0. The molecule has 152 valence electrons. The Kier molecular flexibility index (Phi) is 7.64. The van der Waals surface area contributed by atoms with E-state index < -0.39 is 9.84 Å². The zero-order chi connectivity index (χ0) is 20.7. The van der Waals surface area contributed by atoms with Gasteiger partial charge in [0.25, 0.3) is 0 Å². The number of sulfone groups is 1. The molecule has 1 fully saturated rings. The van der Waals surface area contributed by atoms with Crippen LogP contribution in [0.5, 0.6) is 0 Å². The van der Waals surface area contributed by atoms with E-state index in [4.69, 9.17) is 6.42 Å². The zero-order valence-corrected chi connectivity index (χ0v) is 18.6. The molecule has 0 heterocycles. The molecule has 0 radical (unpaired) electrons. The lowest BCUT2D eigenvalue weighted by molar-refractivity contribution is 0.483. The van der Waals surface area contributed by atoms with Crippen LogP contribution in [0.3, 0.4) is 0 Å². The summed E-state index contributed by atoms with van der Waals surface area (Å²) in [6.45, 7) is 1.98. The Hall–Kier alpha value is -1.96. The van der Waals surface area contributed by atoms with E-state index in [-0.39, 0.29) is 16.1 Å². The van der Waals surface area contributed by atoms with Crippen molar-refractivity contribution in [3.63, 3.8) is 0 Å². The van der Waals surface area contributed by atoms with Gasteiger partial charge in [0, 0.05) is 6.08 Å². The van der Waals surface area contributed by atoms with Crippen molar-refractivity contribution in [1.82, 2.24) is 0 Å². The third-order valence-corrected chi connectivity index (χ3v) is 9.89. The van der Waals surface area contributed by atoms with Crippen LogP contribution >= 0.6 is 0 Å². The average Bonchev–Trinajstić information content (AvgIpc) is 2.76. The molecule has 1 atom stereocenters. The van der Waals surface area contributed by atoms with E-state index in [2.05, 4.69) is 30.2 Å². The highest BCUT2D eigenvalue weighted by Gasteiger charge is 2.33. The predicted octanol–water partition coefficient (Wildman–Crippen LogP) is 6.10. The molecular weight excluding hydrogens is 396 g/mol. The van der Waals surface area contributed by atoms with Gasteiger partial charge in [-0.3, -0.25) is 0 Å². The quantitative estimate of drug-likeness (QED) is 0.314. The predicted molar refractivity (Wildman–Crippen MR) is 124 cm³/mol. The molecular formula is C25H29O2S2+. The van der Waals surface area contributed by atoms with Crippen LogP contribution < -0.4 is 0 Å². The summed E-state index contributed by atoms with van der Waals surface area (Å²) in [5.74, 6) is 2.67. The maximum absolute atomic E-state index is 13.0. The van der Waals surface area contributed by atoms with E-state index in [1.54, 1.807) is 12.1 Å². The summed E-state index contributed by atoms with van der Waals surface area (Å²) in [6, 6.07) is 7.51. The molecule has 1 aromatic rings. The van der Waals surface area contributed by atoms with Gasteiger partial charge in [-0.15, -0.1) is 6.42 Å². The number of rotatable bonds is 6. The minimum absolute atomic E-state index is 0.232. The van der Waals surface area contributed by atoms with Crippen LogP contribution in [0.25, 0.3) is 0 Å². The van der Waals surface area contributed by atoms with Crippen LogP contribution in [0.2, 0.25) is 0 Å². The van der Waals surface area contributed by atoms with Crippen molar-refractivity contribution >= 4 is 20.7 Å². The lowest BCUT2D eigenvalue weighted by atomic mass is 10.0. The first-order chi connectivity index (χ1) is 14.1. The Morgan fingerprint density at radius 3 is 2.45 bits per heavy atom. The molecule has 0 aliphatic heterocycles. The van der Waals surface area contributed by atoms with Gasteiger partial charge in [-0.05, 0) is 75.1 Å². The number of terminal acetylenes is 1. The lowest BCUT2D eigenvalue weighted by Gasteiger charge is -2.21. The summed E-state index contributed by atoms with van der Waals surface area (Å²) < 4.78 is 26.1. The molecule has 2 nitrogen and oxygen atoms in total. The van der Waals surface area contributed by atoms with Crippen molar-refractivity contribution in [2.75, 3.05) is 0 Å². The highest BCUT2D eigenvalue weighted by atomic mass is 32.2. The number of hydrogen-bond donors (Lipinski definition) is 0. The van der Waals surface area contributed by atoms with Gasteiger partial charge in [0.2, 0.25) is 0 Å². The minimum atomic E-state index is -3.26. The summed E-state index contributed by atoms with van der Waals surface area (Å²) in [4.78, 5) is 3.83. The SMILES string of the molecule is C#C/C=C(\C=C/C)[S+](C1=CCCC=C1)c1ccc(S(=O)(=O)C2CCCCC2)cc1. The van der Waals surface area contributed by atoms with Crippen LogP contribution in [-0.2, 0) is 20.7 Å². The Morgan fingerprint density at radius 2 is 1.86 bits per heavy atom. The molecule has 1 aromatic carbocycles. The molecule has 0 spiro atoms. The fourth-order valence-corrected chi connectivity index (χ4v) is 7.96. The summed E-state index contributed by atoms with van der Waals surface area (Å²) in [5.41, 5.74) is 0. The lowest BCUT2D eigenvalue weighted by Crippen LogP contribution is -2.24. The molecule has 0 aromatic heterocycles. The molecule has 29 heavy (non-hydrogen) atoms. The van der Waals surface area contributed by atoms with Gasteiger partial charge in [0.1, 0.15) is 0 Å². The standard InChI is InChI=1S/C25H29O2S2/c1-3-11-21(12-4-2)28(22-13-7-5-8-14-22)23-17-19-25(20-18-23)29(26,27)24-15-9-6-10-16-24/h1,4,7,11-14,17-20,24H,5-6,8-10,15-16H2,2H3/q+1/b12-4-,21-11+. The highest BCUT2D eigenvalue weighted by molar-refractivity contribution is 8.04. The number of benzene rings is 1. The van der Waals surface area contributed by atoms with Crippen molar-refractivity contribution in [1.29, 1.82) is 0 Å². The van der Waals surface area contributed by atoms with Crippen LogP contribution in [0, 0.1) is 12.3 Å². The first-order valence-corrected chi connectivity index (χ1v) is 13.1. The first-order valence-electron chi connectivity index (χ1n) is 10.3. The molecule has 3 rings (SSSR count). The van der Waals surface area contributed by atoms with Gasteiger partial charge in [0.15, 0.2) is 24.5 Å². The fraction of sp³-hybridized carbons (Fsp3) is 0.360. The first kappa shape index (κ1) is 21.7. The maximum Gasteiger partial charge on any atom is 0.181 e. The van der Waals surface area contributed by atoms with Gasteiger partial charge in [0.05, 0.1) is 21.0 Å². The number of allylic oxidation sites excluding steroid dienone is 6. The van der Waals surface area contributed by atoms with Crippen LogP contribution in [0.15, 0.2) is 80.3 Å². The van der Waals surface area contributed by atoms with Gasteiger partial charge < -0.3 is 0 Å². The Bertz CT molecular complexity index is 965. The molecule has 2 aliphatic rings. The van der Waals surface area contributed by atoms with Crippen molar-refractivity contribution in [3.8, 4) is 12.3 Å². The van der Waals surface area contributed by atoms with E-state index in [1.807, 2.05) is 31.2 Å². The summed E-state index contributed by atoms with van der Waals surface area (Å²) in [7, 11) is -3.60. The Morgan fingerprint density at radius 1 is 1.14 bits per heavy atom. The van der Waals surface area contributed by atoms with Gasteiger partial charge in [-0.25, -0.2) is 8.42 Å². The van der Waals surface area contributed by atoms with Crippen LogP contribution in [0.4, 0.5) is 0 Å². The van der Waals surface area contributed by atoms with E-state index >= 15 is 0 Å². The largest absolute Gasteiger partial charge is 0.223 e. The van der Waals surface area contributed by atoms with Gasteiger partial charge in [-0.1, -0.05) is 37.3 Å². The van der Waals surface area contributed by atoms with E-state index in [0.29, 0.717) is 4.90 Å². The molecule has 0 saturated heterocycles. The average molecular weight is 426 g/mol. The van der Waals surface area contributed by atoms with Crippen molar-refractivity contribution in [3.05, 3.63) is 70.5 Å². The highest BCUT2D eigenvalue weighted by Crippen LogP contribution is 2.35. The molecule has 1 saturated carbocycles. The Balaban J connectivity index is 1.97. The number of hydrogen-bond acceptors (Lipinski definition) is 2. The second-order valence-corrected chi connectivity index (χ2v) is 11.6. The molecule has 0 N–H and O–H groups in total. The molecule has 1 unspecified atom stereocenters. The van der Waals surface area contributed by atoms with E-state index in [0.717, 1.165) is 54.7 Å². The minimum Gasteiger partial charge on any atom is -0.223 e. The van der Waals surface area contributed by atoms with Gasteiger partial charge >= 0.3 is 0 Å². The van der Waals surface area contributed by atoms with Crippen molar-refractivity contribution in [2.45, 2.75) is 66.9 Å². The Labute approximate surface area is 178 Å². The van der Waals surface area contributed by atoms with Crippen LogP contribution in [-0.4, -0.2) is 13.7 Å². The third-order valence-electron chi connectivity index (χ3n) is 5.37. The second kappa shape index (κ2) is 10.2. The summed E-state index contributed by atoms with van der Waals surface area (Å²) in [5, 5.41) is -0.232. The van der Waals surface area contributed by atoms with Crippen molar-refractivity contribution in [2.24, 2.45) is 0 Å². The normalized spacial score (nSPS) is 19.7. The monoisotopic (exact) mass is 425 g/mol. The second-order valence-electron chi connectivity index (χ2n) is 7.38. The fourth-order valence-electron chi connectivity index (χ4n) is 3.90. The van der Waals surface area contributed by atoms with Gasteiger partial charge in [-0.2, -0.15) is 0 Å². The van der Waals surface area contributed by atoms with Crippen LogP contribution in [0.1, 0.15) is 51.9 Å². The molecule has 2 aliphatic carbocycles. The molecule has 4 heteroatoms. The smallest absolute Gasteiger partial charge is 0.181 e. The maximum atomic E-state index is 13.0. The summed E-state index contributed by atoms with van der Waals surface area (Å²) in [6.07, 6.45) is 24.9. The zero-order valence-electron chi connectivity index (χ0n) is 17.0. The van der Waals surface area contributed by atoms with E-state index in [9.17, 15) is 8.42 Å². The third kappa shape index (κ3) is 5.15. The molecule has 0 bridgehead atoms. The van der Waals surface area contributed by atoms with Crippen molar-refractivity contribution < 1.29 is 8.42 Å². The molecule has 0 amide bonds.